The Hall–Kier alpha value is -1.71. The lowest BCUT2D eigenvalue weighted by Crippen LogP contribution is -2.17. The topological polar surface area (TPSA) is 64.3 Å². The van der Waals surface area contributed by atoms with Crippen LogP contribution in [0.25, 0.3) is 0 Å². The zero-order valence-electron chi connectivity index (χ0n) is 10.4. The van der Waals surface area contributed by atoms with E-state index in [0.717, 1.165) is 6.42 Å². The average molecular weight is 234 g/mol. The molecule has 1 amide bonds. The van der Waals surface area contributed by atoms with Gasteiger partial charge in [0, 0.05) is 12.0 Å². The van der Waals surface area contributed by atoms with Crippen LogP contribution in [-0.4, -0.2) is 13.0 Å². The molecule has 2 rings (SSSR count). The molecule has 1 aliphatic carbocycles. The first kappa shape index (κ1) is 11.8. The molecule has 0 radical (unpaired) electrons. The van der Waals surface area contributed by atoms with Gasteiger partial charge in [-0.15, -0.1) is 0 Å². The van der Waals surface area contributed by atoms with Crippen LogP contribution in [0.15, 0.2) is 18.2 Å². The first-order valence-electron chi connectivity index (χ1n) is 5.68. The highest BCUT2D eigenvalue weighted by atomic mass is 16.5. The lowest BCUT2D eigenvalue weighted by molar-refractivity contribution is -0.117. The van der Waals surface area contributed by atoms with Crippen molar-refractivity contribution in [3.05, 3.63) is 18.2 Å². The summed E-state index contributed by atoms with van der Waals surface area (Å²) in [5.41, 5.74) is 7.11. The Bertz CT molecular complexity index is 455. The van der Waals surface area contributed by atoms with Crippen molar-refractivity contribution in [2.75, 3.05) is 18.2 Å². The van der Waals surface area contributed by atoms with Crippen LogP contribution in [-0.2, 0) is 4.79 Å². The van der Waals surface area contributed by atoms with Crippen LogP contribution in [0.4, 0.5) is 11.4 Å². The van der Waals surface area contributed by atoms with Crippen molar-refractivity contribution in [3.8, 4) is 5.75 Å². The van der Waals surface area contributed by atoms with Gasteiger partial charge in [0.25, 0.3) is 0 Å². The Kier molecular flexibility index (Phi) is 2.73. The fourth-order valence-corrected chi connectivity index (χ4v) is 1.91. The van der Waals surface area contributed by atoms with Crippen LogP contribution < -0.4 is 15.8 Å². The third kappa shape index (κ3) is 2.35. The molecule has 0 aromatic heterocycles. The van der Waals surface area contributed by atoms with E-state index in [1.807, 2.05) is 0 Å². The summed E-state index contributed by atoms with van der Waals surface area (Å²) < 4.78 is 5.10. The van der Waals surface area contributed by atoms with Crippen LogP contribution >= 0.6 is 0 Å². The van der Waals surface area contributed by atoms with E-state index in [1.165, 1.54) is 0 Å². The Morgan fingerprint density at radius 1 is 1.53 bits per heavy atom. The molecule has 1 saturated carbocycles. The van der Waals surface area contributed by atoms with Gasteiger partial charge in [0.2, 0.25) is 5.91 Å². The Morgan fingerprint density at radius 2 is 2.18 bits per heavy atom. The molecule has 0 spiro atoms. The minimum atomic E-state index is 0.0370. The van der Waals surface area contributed by atoms with E-state index in [-0.39, 0.29) is 17.2 Å². The first-order chi connectivity index (χ1) is 7.94. The Labute approximate surface area is 101 Å². The van der Waals surface area contributed by atoms with Gasteiger partial charge >= 0.3 is 0 Å². The second-order valence-electron chi connectivity index (χ2n) is 5.19. The highest BCUT2D eigenvalue weighted by Crippen LogP contribution is 2.52. The molecule has 0 aliphatic heterocycles. The summed E-state index contributed by atoms with van der Waals surface area (Å²) in [7, 11) is 1.58. The predicted octanol–water partition coefficient (Wildman–Crippen LogP) is 2.26. The van der Waals surface area contributed by atoms with Crippen molar-refractivity contribution in [2.45, 2.75) is 20.3 Å². The third-order valence-electron chi connectivity index (χ3n) is 3.35. The number of nitrogens with two attached hydrogens (primary N) is 1. The van der Waals surface area contributed by atoms with Crippen molar-refractivity contribution >= 4 is 17.3 Å². The second-order valence-corrected chi connectivity index (χ2v) is 5.19. The number of nitrogen functional groups attached to an aromatic ring is 1. The second kappa shape index (κ2) is 3.95. The van der Waals surface area contributed by atoms with E-state index < -0.39 is 0 Å². The van der Waals surface area contributed by atoms with Gasteiger partial charge < -0.3 is 15.8 Å². The van der Waals surface area contributed by atoms with Crippen LogP contribution in [0, 0.1) is 11.3 Å². The number of ether oxygens (including phenoxy) is 1. The fraction of sp³-hybridized carbons (Fsp3) is 0.462. The molecule has 1 atom stereocenters. The highest BCUT2D eigenvalue weighted by molar-refractivity contribution is 5.97. The smallest absolute Gasteiger partial charge is 0.228 e. The number of amides is 1. The summed E-state index contributed by atoms with van der Waals surface area (Å²) in [6, 6.07) is 5.24. The van der Waals surface area contributed by atoms with Gasteiger partial charge in [0.1, 0.15) is 5.75 Å². The van der Waals surface area contributed by atoms with Crippen molar-refractivity contribution < 1.29 is 9.53 Å². The SMILES string of the molecule is COc1ccc(N)c(NC(=O)C2CC2(C)C)c1. The number of benzene rings is 1. The maximum absolute atomic E-state index is 11.9. The molecular weight excluding hydrogens is 216 g/mol. The molecular formula is C13H18N2O2. The Morgan fingerprint density at radius 3 is 2.71 bits per heavy atom. The van der Waals surface area contributed by atoms with E-state index >= 15 is 0 Å². The lowest BCUT2D eigenvalue weighted by atomic mass is 10.1. The van der Waals surface area contributed by atoms with E-state index in [1.54, 1.807) is 25.3 Å². The normalized spacial score (nSPS) is 20.8. The van der Waals surface area contributed by atoms with Crippen LogP contribution in [0.1, 0.15) is 20.3 Å². The van der Waals surface area contributed by atoms with Gasteiger partial charge in [-0.1, -0.05) is 13.8 Å². The number of anilines is 2. The monoisotopic (exact) mass is 234 g/mol. The molecule has 1 aliphatic rings. The Balaban J connectivity index is 2.11. The summed E-state index contributed by atoms with van der Waals surface area (Å²) in [4.78, 5) is 11.9. The van der Waals surface area contributed by atoms with Gasteiger partial charge in [0.05, 0.1) is 18.5 Å². The minimum Gasteiger partial charge on any atom is -0.497 e. The third-order valence-corrected chi connectivity index (χ3v) is 3.35. The van der Waals surface area contributed by atoms with Gasteiger partial charge in [-0.2, -0.15) is 0 Å². The summed E-state index contributed by atoms with van der Waals surface area (Å²) in [5.74, 6) is 0.813. The molecule has 92 valence electrons. The largest absolute Gasteiger partial charge is 0.497 e. The molecule has 4 heteroatoms. The van der Waals surface area contributed by atoms with Crippen LogP contribution in [0.5, 0.6) is 5.75 Å². The number of carbonyl (C=O) groups excluding carboxylic acids is 1. The van der Waals surface area contributed by atoms with E-state index in [0.29, 0.717) is 17.1 Å². The molecule has 0 bridgehead atoms. The lowest BCUT2D eigenvalue weighted by Gasteiger charge is -2.10. The number of hydrogen-bond acceptors (Lipinski definition) is 3. The molecule has 3 N–H and O–H groups in total. The zero-order chi connectivity index (χ0) is 12.6. The first-order valence-corrected chi connectivity index (χ1v) is 5.68. The predicted molar refractivity (Wildman–Crippen MR) is 67.9 cm³/mol. The molecule has 17 heavy (non-hydrogen) atoms. The number of methoxy groups -OCH3 is 1. The minimum absolute atomic E-state index is 0.0370. The number of rotatable bonds is 3. The maximum Gasteiger partial charge on any atom is 0.228 e. The standard InChI is InChI=1S/C13H18N2O2/c1-13(2)7-9(13)12(16)15-11-6-8(17-3)4-5-10(11)14/h4-6,9H,7,14H2,1-3H3,(H,15,16). The molecule has 1 aromatic rings. The number of hydrogen-bond donors (Lipinski definition) is 2. The number of nitrogens with one attached hydrogen (secondary N) is 1. The number of carbonyl (C=O) groups is 1. The maximum atomic E-state index is 11.9. The highest BCUT2D eigenvalue weighted by Gasteiger charge is 2.50. The van der Waals surface area contributed by atoms with Crippen molar-refractivity contribution in [1.29, 1.82) is 0 Å². The van der Waals surface area contributed by atoms with Crippen molar-refractivity contribution in [2.24, 2.45) is 11.3 Å². The average Bonchev–Trinajstić information content (AvgIpc) is 2.91. The zero-order valence-corrected chi connectivity index (χ0v) is 10.4. The molecule has 1 fully saturated rings. The summed E-state index contributed by atoms with van der Waals surface area (Å²) >= 11 is 0. The van der Waals surface area contributed by atoms with Crippen LogP contribution in [0.3, 0.4) is 0 Å². The fourth-order valence-electron chi connectivity index (χ4n) is 1.91. The molecule has 1 unspecified atom stereocenters. The molecule has 1 aromatic carbocycles. The van der Waals surface area contributed by atoms with E-state index in [9.17, 15) is 4.79 Å². The van der Waals surface area contributed by atoms with E-state index in [4.69, 9.17) is 10.5 Å². The summed E-state index contributed by atoms with van der Waals surface area (Å²) in [5, 5.41) is 2.86. The summed E-state index contributed by atoms with van der Waals surface area (Å²) in [6.07, 6.45) is 0.933. The van der Waals surface area contributed by atoms with Crippen LogP contribution in [0.2, 0.25) is 0 Å². The van der Waals surface area contributed by atoms with Gasteiger partial charge in [-0.05, 0) is 24.0 Å². The molecule has 0 heterocycles. The van der Waals surface area contributed by atoms with E-state index in [2.05, 4.69) is 19.2 Å². The van der Waals surface area contributed by atoms with Gasteiger partial charge in [-0.3, -0.25) is 4.79 Å². The van der Waals surface area contributed by atoms with Crippen molar-refractivity contribution in [1.82, 2.24) is 0 Å². The van der Waals surface area contributed by atoms with Gasteiger partial charge in [-0.25, -0.2) is 0 Å². The molecule has 0 saturated heterocycles. The molecule has 4 nitrogen and oxygen atoms in total. The summed E-state index contributed by atoms with van der Waals surface area (Å²) in [6.45, 7) is 4.18. The quantitative estimate of drug-likeness (QED) is 0.788. The van der Waals surface area contributed by atoms with Gasteiger partial charge in [0.15, 0.2) is 0 Å². The van der Waals surface area contributed by atoms with Crippen molar-refractivity contribution in [3.63, 3.8) is 0 Å².